The van der Waals surface area contributed by atoms with Crippen LogP contribution in [0.4, 0.5) is 0 Å². The molecule has 1 aliphatic heterocycles. The maximum atomic E-state index is 10.9. The summed E-state index contributed by atoms with van der Waals surface area (Å²) in [7, 11) is -1.39. The average Bonchev–Trinajstić information content (AvgIpc) is 2.55. The highest BCUT2D eigenvalue weighted by Crippen LogP contribution is 2.14. The molecule has 1 saturated heterocycles. The SMILES string of the molecule is CN=C(NCCCNS(C)(=O)=O)NCCCOCC1CCOCC1. The number of nitrogens with zero attached hydrogens (tertiary/aromatic N) is 1. The van der Waals surface area contributed by atoms with Crippen LogP contribution < -0.4 is 15.4 Å². The van der Waals surface area contributed by atoms with Crippen LogP contribution in [0.3, 0.4) is 0 Å². The molecule has 0 unspecified atom stereocenters. The number of guanidine groups is 1. The van der Waals surface area contributed by atoms with Crippen molar-refractivity contribution in [1.82, 2.24) is 15.4 Å². The van der Waals surface area contributed by atoms with E-state index in [-0.39, 0.29) is 0 Å². The van der Waals surface area contributed by atoms with Crippen molar-refractivity contribution in [1.29, 1.82) is 0 Å². The molecule has 0 aromatic carbocycles. The van der Waals surface area contributed by atoms with Gasteiger partial charge in [0.1, 0.15) is 0 Å². The predicted octanol–water partition coefficient (Wildman–Crippen LogP) is -0.0760. The van der Waals surface area contributed by atoms with E-state index in [9.17, 15) is 8.42 Å². The van der Waals surface area contributed by atoms with Crippen LogP contribution in [0.25, 0.3) is 0 Å². The molecular formula is C15H32N4O4S. The number of aliphatic imine (C=N–C) groups is 1. The molecule has 9 heteroatoms. The minimum atomic E-state index is -3.11. The van der Waals surface area contributed by atoms with Gasteiger partial charge in [0.2, 0.25) is 10.0 Å². The van der Waals surface area contributed by atoms with Crippen molar-refractivity contribution in [3.8, 4) is 0 Å². The predicted molar refractivity (Wildman–Crippen MR) is 95.8 cm³/mol. The summed E-state index contributed by atoms with van der Waals surface area (Å²) in [5.41, 5.74) is 0. The van der Waals surface area contributed by atoms with Crippen LogP contribution in [0.2, 0.25) is 0 Å². The van der Waals surface area contributed by atoms with Gasteiger partial charge in [0.15, 0.2) is 5.96 Å². The first-order valence-corrected chi connectivity index (χ1v) is 10.4. The molecule has 1 aliphatic rings. The third-order valence-electron chi connectivity index (χ3n) is 3.69. The molecule has 0 amide bonds. The number of rotatable bonds is 11. The highest BCUT2D eigenvalue weighted by Gasteiger charge is 2.13. The van der Waals surface area contributed by atoms with E-state index < -0.39 is 10.0 Å². The van der Waals surface area contributed by atoms with E-state index in [2.05, 4.69) is 20.3 Å². The van der Waals surface area contributed by atoms with Gasteiger partial charge in [-0.1, -0.05) is 0 Å². The summed E-state index contributed by atoms with van der Waals surface area (Å²) in [6.45, 7) is 5.14. The molecule has 1 heterocycles. The molecule has 1 rings (SSSR count). The number of ether oxygens (including phenoxy) is 2. The zero-order chi connectivity index (χ0) is 17.7. The number of hydrogen-bond donors (Lipinski definition) is 3. The van der Waals surface area contributed by atoms with Crippen LogP contribution in [0, 0.1) is 5.92 Å². The molecule has 0 aromatic heterocycles. The number of sulfonamides is 1. The summed E-state index contributed by atoms with van der Waals surface area (Å²) in [6.07, 6.45) is 4.97. The smallest absolute Gasteiger partial charge is 0.208 e. The van der Waals surface area contributed by atoms with Crippen molar-refractivity contribution in [3.05, 3.63) is 0 Å². The van der Waals surface area contributed by atoms with Gasteiger partial charge in [-0.25, -0.2) is 13.1 Å². The van der Waals surface area contributed by atoms with Gasteiger partial charge in [0, 0.05) is 53.1 Å². The van der Waals surface area contributed by atoms with Crippen LogP contribution in [0.5, 0.6) is 0 Å². The van der Waals surface area contributed by atoms with Gasteiger partial charge in [-0.2, -0.15) is 0 Å². The van der Waals surface area contributed by atoms with Crippen molar-refractivity contribution in [2.24, 2.45) is 10.9 Å². The largest absolute Gasteiger partial charge is 0.381 e. The first kappa shape index (κ1) is 21.1. The summed E-state index contributed by atoms with van der Waals surface area (Å²) >= 11 is 0. The van der Waals surface area contributed by atoms with Crippen LogP contribution in [-0.2, 0) is 19.5 Å². The van der Waals surface area contributed by atoms with E-state index in [4.69, 9.17) is 9.47 Å². The van der Waals surface area contributed by atoms with Gasteiger partial charge in [-0.05, 0) is 31.6 Å². The summed E-state index contributed by atoms with van der Waals surface area (Å²) in [6, 6.07) is 0. The second-order valence-corrected chi connectivity index (χ2v) is 7.76. The molecule has 0 bridgehead atoms. The lowest BCUT2D eigenvalue weighted by Crippen LogP contribution is -2.39. The monoisotopic (exact) mass is 364 g/mol. The third-order valence-corrected chi connectivity index (χ3v) is 4.41. The fraction of sp³-hybridized carbons (Fsp3) is 0.933. The Morgan fingerprint density at radius 3 is 2.46 bits per heavy atom. The average molecular weight is 365 g/mol. The lowest BCUT2D eigenvalue weighted by molar-refractivity contribution is 0.0203. The normalized spacial score (nSPS) is 17.0. The van der Waals surface area contributed by atoms with Crippen molar-refractivity contribution in [2.45, 2.75) is 25.7 Å². The van der Waals surface area contributed by atoms with E-state index in [0.29, 0.717) is 25.4 Å². The Kier molecular flexibility index (Phi) is 11.0. The molecule has 0 spiro atoms. The topological polar surface area (TPSA) is 101 Å². The van der Waals surface area contributed by atoms with E-state index >= 15 is 0 Å². The van der Waals surface area contributed by atoms with Gasteiger partial charge < -0.3 is 20.1 Å². The highest BCUT2D eigenvalue weighted by atomic mass is 32.2. The number of hydrogen-bond acceptors (Lipinski definition) is 5. The molecule has 24 heavy (non-hydrogen) atoms. The zero-order valence-corrected chi connectivity index (χ0v) is 15.7. The third kappa shape index (κ3) is 11.6. The molecular weight excluding hydrogens is 332 g/mol. The quantitative estimate of drug-likeness (QED) is 0.269. The Bertz CT molecular complexity index is 450. The van der Waals surface area contributed by atoms with Crippen molar-refractivity contribution < 1.29 is 17.9 Å². The fourth-order valence-corrected chi connectivity index (χ4v) is 2.83. The molecule has 0 aliphatic carbocycles. The highest BCUT2D eigenvalue weighted by molar-refractivity contribution is 7.88. The standard InChI is InChI=1S/C15H32N4O4S/c1-16-15(17-7-3-9-19-24(2,20)21)18-8-4-10-23-13-14-5-11-22-12-6-14/h14,19H,3-13H2,1-2H3,(H2,16,17,18). The lowest BCUT2D eigenvalue weighted by atomic mass is 10.0. The maximum absolute atomic E-state index is 10.9. The second-order valence-electron chi connectivity index (χ2n) is 5.93. The summed E-state index contributed by atoms with van der Waals surface area (Å²) < 4.78 is 35.3. The summed E-state index contributed by atoms with van der Waals surface area (Å²) in [4.78, 5) is 4.13. The second kappa shape index (κ2) is 12.5. The zero-order valence-electron chi connectivity index (χ0n) is 14.8. The van der Waals surface area contributed by atoms with E-state index in [1.54, 1.807) is 7.05 Å². The maximum Gasteiger partial charge on any atom is 0.208 e. The Hall–Kier alpha value is -0.900. The number of nitrogens with one attached hydrogen (secondary N) is 3. The molecule has 142 valence electrons. The van der Waals surface area contributed by atoms with E-state index in [1.807, 2.05) is 0 Å². The summed E-state index contributed by atoms with van der Waals surface area (Å²) in [5.74, 6) is 1.36. The van der Waals surface area contributed by atoms with Gasteiger partial charge >= 0.3 is 0 Å². The molecule has 0 saturated carbocycles. The Morgan fingerprint density at radius 1 is 1.17 bits per heavy atom. The lowest BCUT2D eigenvalue weighted by Gasteiger charge is -2.21. The molecule has 3 N–H and O–H groups in total. The van der Waals surface area contributed by atoms with Gasteiger partial charge in [-0.3, -0.25) is 4.99 Å². The van der Waals surface area contributed by atoms with E-state index in [0.717, 1.165) is 64.5 Å². The molecule has 0 aromatic rings. The van der Waals surface area contributed by atoms with Crippen molar-refractivity contribution in [2.75, 3.05) is 59.4 Å². The first-order valence-electron chi connectivity index (χ1n) is 8.56. The van der Waals surface area contributed by atoms with Crippen LogP contribution >= 0.6 is 0 Å². The Balaban J connectivity index is 1.95. The van der Waals surface area contributed by atoms with Crippen molar-refractivity contribution in [3.63, 3.8) is 0 Å². The minimum absolute atomic E-state index is 0.420. The molecule has 8 nitrogen and oxygen atoms in total. The molecule has 0 atom stereocenters. The fourth-order valence-electron chi connectivity index (χ4n) is 2.32. The van der Waals surface area contributed by atoms with Crippen molar-refractivity contribution >= 4 is 16.0 Å². The Labute approximate surface area is 145 Å². The van der Waals surface area contributed by atoms with Gasteiger partial charge in [-0.15, -0.1) is 0 Å². The van der Waals surface area contributed by atoms with E-state index in [1.165, 1.54) is 0 Å². The summed E-state index contributed by atoms with van der Waals surface area (Å²) in [5, 5.41) is 6.36. The first-order chi connectivity index (χ1) is 11.5. The van der Waals surface area contributed by atoms with Crippen LogP contribution in [-0.4, -0.2) is 73.7 Å². The van der Waals surface area contributed by atoms with Crippen LogP contribution in [0.1, 0.15) is 25.7 Å². The molecule has 0 radical (unpaired) electrons. The Morgan fingerprint density at radius 2 is 1.83 bits per heavy atom. The molecule has 1 fully saturated rings. The van der Waals surface area contributed by atoms with Gasteiger partial charge in [0.05, 0.1) is 6.26 Å². The van der Waals surface area contributed by atoms with Gasteiger partial charge in [0.25, 0.3) is 0 Å². The minimum Gasteiger partial charge on any atom is -0.381 e. The van der Waals surface area contributed by atoms with Crippen LogP contribution in [0.15, 0.2) is 4.99 Å².